The van der Waals surface area contributed by atoms with Gasteiger partial charge in [-0.2, -0.15) is 0 Å². The lowest BCUT2D eigenvalue weighted by molar-refractivity contribution is 0.687. The molecule has 0 saturated carbocycles. The van der Waals surface area contributed by atoms with E-state index in [2.05, 4.69) is 10.1 Å². The summed E-state index contributed by atoms with van der Waals surface area (Å²) in [7, 11) is 0. The number of rotatable bonds is 2. The SMILES string of the molecule is Nc1ncn(Cc2ccc(Cl)c(Cl)c2)n1. The van der Waals surface area contributed by atoms with Gasteiger partial charge in [0.1, 0.15) is 6.33 Å². The van der Waals surface area contributed by atoms with Crippen molar-refractivity contribution < 1.29 is 0 Å². The van der Waals surface area contributed by atoms with Gasteiger partial charge in [0.15, 0.2) is 0 Å². The van der Waals surface area contributed by atoms with Gasteiger partial charge >= 0.3 is 0 Å². The Hall–Kier alpha value is -1.26. The summed E-state index contributed by atoms with van der Waals surface area (Å²) in [5.41, 5.74) is 6.39. The second-order valence-corrected chi connectivity index (χ2v) is 3.86. The third-order valence-corrected chi connectivity index (χ3v) is 2.62. The molecular weight excluding hydrogens is 235 g/mol. The molecule has 6 heteroatoms. The van der Waals surface area contributed by atoms with Gasteiger partial charge in [0, 0.05) is 0 Å². The molecule has 15 heavy (non-hydrogen) atoms. The zero-order valence-electron chi connectivity index (χ0n) is 7.69. The van der Waals surface area contributed by atoms with Gasteiger partial charge < -0.3 is 5.73 Å². The van der Waals surface area contributed by atoms with Crippen LogP contribution in [0.3, 0.4) is 0 Å². The normalized spacial score (nSPS) is 10.5. The van der Waals surface area contributed by atoms with Crippen LogP contribution in [0, 0.1) is 0 Å². The lowest BCUT2D eigenvalue weighted by Gasteiger charge is -2.02. The molecule has 0 aliphatic rings. The van der Waals surface area contributed by atoms with Crippen LogP contribution in [-0.2, 0) is 6.54 Å². The Bertz CT molecular complexity index is 481. The third-order valence-electron chi connectivity index (χ3n) is 1.88. The fraction of sp³-hybridized carbons (Fsp3) is 0.111. The summed E-state index contributed by atoms with van der Waals surface area (Å²) in [4.78, 5) is 3.82. The van der Waals surface area contributed by atoms with Gasteiger partial charge in [-0.3, -0.25) is 0 Å². The van der Waals surface area contributed by atoms with Crippen molar-refractivity contribution >= 4 is 29.2 Å². The predicted octanol–water partition coefficient (Wildman–Crippen LogP) is 2.22. The van der Waals surface area contributed by atoms with E-state index in [0.717, 1.165) is 5.56 Å². The first-order chi connectivity index (χ1) is 7.15. The van der Waals surface area contributed by atoms with Gasteiger partial charge in [0.05, 0.1) is 16.6 Å². The summed E-state index contributed by atoms with van der Waals surface area (Å²) in [5, 5.41) is 5.04. The van der Waals surface area contributed by atoms with E-state index >= 15 is 0 Å². The molecule has 0 radical (unpaired) electrons. The highest BCUT2D eigenvalue weighted by Gasteiger charge is 2.01. The van der Waals surface area contributed by atoms with Crippen molar-refractivity contribution in [3.63, 3.8) is 0 Å². The van der Waals surface area contributed by atoms with Crippen molar-refractivity contribution in [2.75, 3.05) is 5.73 Å². The van der Waals surface area contributed by atoms with Crippen LogP contribution in [-0.4, -0.2) is 14.8 Å². The third kappa shape index (κ3) is 2.40. The molecule has 0 unspecified atom stereocenters. The minimum Gasteiger partial charge on any atom is -0.367 e. The van der Waals surface area contributed by atoms with Gasteiger partial charge in [-0.05, 0) is 17.7 Å². The van der Waals surface area contributed by atoms with E-state index in [0.29, 0.717) is 16.6 Å². The Labute approximate surface area is 96.6 Å². The molecular formula is C9H8Cl2N4. The number of benzene rings is 1. The Morgan fingerprint density at radius 3 is 2.67 bits per heavy atom. The lowest BCUT2D eigenvalue weighted by atomic mass is 10.2. The number of nitrogen functional groups attached to an aromatic ring is 1. The molecule has 1 aromatic heterocycles. The summed E-state index contributed by atoms with van der Waals surface area (Å²) in [6, 6.07) is 5.42. The van der Waals surface area contributed by atoms with E-state index in [1.165, 1.54) is 0 Å². The first-order valence-electron chi connectivity index (χ1n) is 4.24. The second-order valence-electron chi connectivity index (χ2n) is 3.05. The molecule has 1 aromatic carbocycles. The lowest BCUT2D eigenvalue weighted by Crippen LogP contribution is -2.01. The molecule has 0 bridgehead atoms. The smallest absolute Gasteiger partial charge is 0.239 e. The number of hydrogen-bond acceptors (Lipinski definition) is 3. The highest BCUT2D eigenvalue weighted by molar-refractivity contribution is 6.42. The first-order valence-corrected chi connectivity index (χ1v) is 4.99. The van der Waals surface area contributed by atoms with Crippen LogP contribution >= 0.6 is 23.2 Å². The zero-order chi connectivity index (χ0) is 10.8. The van der Waals surface area contributed by atoms with Crippen LogP contribution in [0.4, 0.5) is 5.95 Å². The van der Waals surface area contributed by atoms with Crippen molar-refractivity contribution in [1.82, 2.24) is 14.8 Å². The first kappa shape index (κ1) is 10.3. The van der Waals surface area contributed by atoms with E-state index in [1.807, 2.05) is 6.07 Å². The Kier molecular flexibility index (Phi) is 2.79. The molecule has 2 aromatic rings. The molecule has 2 N–H and O–H groups in total. The highest BCUT2D eigenvalue weighted by atomic mass is 35.5. The molecule has 78 valence electrons. The van der Waals surface area contributed by atoms with Crippen LogP contribution < -0.4 is 5.73 Å². The van der Waals surface area contributed by atoms with Crippen molar-refractivity contribution in [2.45, 2.75) is 6.54 Å². The van der Waals surface area contributed by atoms with Crippen LogP contribution in [0.15, 0.2) is 24.5 Å². The largest absolute Gasteiger partial charge is 0.367 e. The predicted molar refractivity (Wildman–Crippen MR) is 60.0 cm³/mol. The average molecular weight is 243 g/mol. The molecule has 0 fully saturated rings. The van der Waals surface area contributed by atoms with Crippen LogP contribution in [0.2, 0.25) is 10.0 Å². The minimum absolute atomic E-state index is 0.259. The molecule has 1 heterocycles. The number of hydrogen-bond donors (Lipinski definition) is 1. The summed E-state index contributed by atoms with van der Waals surface area (Å²) in [6.45, 7) is 0.571. The standard InChI is InChI=1S/C9H8Cl2N4/c10-7-2-1-6(3-8(7)11)4-15-5-13-9(12)14-15/h1-3,5H,4H2,(H2,12,14). The molecule has 0 saturated heterocycles. The Morgan fingerprint density at radius 1 is 1.27 bits per heavy atom. The Balaban J connectivity index is 2.21. The van der Waals surface area contributed by atoms with Gasteiger partial charge in [-0.15, -0.1) is 5.10 Å². The van der Waals surface area contributed by atoms with E-state index < -0.39 is 0 Å². The Morgan fingerprint density at radius 2 is 2.07 bits per heavy atom. The molecule has 0 aliphatic heterocycles. The number of nitrogens with two attached hydrogens (primary N) is 1. The van der Waals surface area contributed by atoms with Gasteiger partial charge in [-0.1, -0.05) is 29.3 Å². The van der Waals surface area contributed by atoms with Crippen LogP contribution in [0.5, 0.6) is 0 Å². The molecule has 0 spiro atoms. The topological polar surface area (TPSA) is 56.7 Å². The van der Waals surface area contributed by atoms with E-state index in [4.69, 9.17) is 28.9 Å². The van der Waals surface area contributed by atoms with Crippen molar-refractivity contribution in [3.05, 3.63) is 40.1 Å². The summed E-state index contributed by atoms with van der Waals surface area (Å²) in [6.07, 6.45) is 1.57. The summed E-state index contributed by atoms with van der Waals surface area (Å²) >= 11 is 11.7. The van der Waals surface area contributed by atoms with Gasteiger partial charge in [-0.25, -0.2) is 9.67 Å². The van der Waals surface area contributed by atoms with Crippen LogP contribution in [0.1, 0.15) is 5.56 Å². The highest BCUT2D eigenvalue weighted by Crippen LogP contribution is 2.22. The van der Waals surface area contributed by atoms with E-state index in [1.54, 1.807) is 23.1 Å². The maximum absolute atomic E-state index is 5.88. The molecule has 0 amide bonds. The average Bonchev–Trinajstić information content (AvgIpc) is 2.58. The minimum atomic E-state index is 0.259. The maximum atomic E-state index is 5.88. The summed E-state index contributed by atoms with van der Waals surface area (Å²) < 4.78 is 1.63. The van der Waals surface area contributed by atoms with Crippen molar-refractivity contribution in [2.24, 2.45) is 0 Å². The van der Waals surface area contributed by atoms with E-state index in [9.17, 15) is 0 Å². The van der Waals surface area contributed by atoms with Crippen LogP contribution in [0.25, 0.3) is 0 Å². The van der Waals surface area contributed by atoms with Gasteiger partial charge in [0.25, 0.3) is 0 Å². The zero-order valence-corrected chi connectivity index (χ0v) is 9.20. The monoisotopic (exact) mass is 242 g/mol. The fourth-order valence-electron chi connectivity index (χ4n) is 1.21. The fourth-order valence-corrected chi connectivity index (χ4v) is 1.53. The molecule has 4 nitrogen and oxygen atoms in total. The molecule has 0 atom stereocenters. The maximum Gasteiger partial charge on any atom is 0.239 e. The number of aromatic nitrogens is 3. The summed E-state index contributed by atoms with van der Waals surface area (Å²) in [5.74, 6) is 0.259. The van der Waals surface area contributed by atoms with Crippen molar-refractivity contribution in [3.8, 4) is 0 Å². The number of halogens is 2. The number of nitrogens with zero attached hydrogens (tertiary/aromatic N) is 3. The molecule has 0 aliphatic carbocycles. The van der Waals surface area contributed by atoms with Crippen molar-refractivity contribution in [1.29, 1.82) is 0 Å². The van der Waals surface area contributed by atoms with E-state index in [-0.39, 0.29) is 5.95 Å². The molecule has 2 rings (SSSR count). The van der Waals surface area contributed by atoms with Gasteiger partial charge in [0.2, 0.25) is 5.95 Å². The second kappa shape index (κ2) is 4.08. The quantitative estimate of drug-likeness (QED) is 0.879. The number of anilines is 1.